The summed E-state index contributed by atoms with van der Waals surface area (Å²) in [7, 11) is 0. The number of hydrogen-bond acceptors (Lipinski definition) is 4. The van der Waals surface area contributed by atoms with E-state index in [0.29, 0.717) is 11.8 Å². The number of aromatic nitrogens is 2. The molecule has 0 radical (unpaired) electrons. The topological polar surface area (TPSA) is 47.0 Å². The second kappa shape index (κ2) is 5.90. The molecule has 0 amide bonds. The number of anilines is 1. The summed E-state index contributed by atoms with van der Waals surface area (Å²) in [6.07, 6.45) is 0.898. The number of para-hydroxylation sites is 1. The van der Waals surface area contributed by atoms with Crippen LogP contribution < -0.4 is 10.1 Å². The van der Waals surface area contributed by atoms with Gasteiger partial charge in [-0.15, -0.1) is 0 Å². The fourth-order valence-corrected chi connectivity index (χ4v) is 2.63. The summed E-state index contributed by atoms with van der Waals surface area (Å²) >= 11 is 6.10. The largest absolute Gasteiger partial charge is 0.493 e. The highest BCUT2D eigenvalue weighted by atomic mass is 35.5. The monoisotopic (exact) mass is 303 g/mol. The van der Waals surface area contributed by atoms with Gasteiger partial charge in [-0.2, -0.15) is 0 Å². The van der Waals surface area contributed by atoms with E-state index in [1.54, 1.807) is 6.07 Å². The lowest BCUT2D eigenvalue weighted by atomic mass is 10.0. The fourth-order valence-electron chi connectivity index (χ4n) is 2.44. The molecule has 0 saturated heterocycles. The molecule has 1 aliphatic rings. The zero-order chi connectivity index (χ0) is 14.8. The number of benzene rings is 1. The third kappa shape index (κ3) is 3.10. The van der Waals surface area contributed by atoms with Crippen molar-refractivity contribution in [2.24, 2.45) is 0 Å². The molecule has 0 aliphatic carbocycles. The molecule has 1 aliphatic heterocycles. The van der Waals surface area contributed by atoms with E-state index < -0.39 is 0 Å². The van der Waals surface area contributed by atoms with Crippen molar-refractivity contribution in [2.45, 2.75) is 32.2 Å². The minimum Gasteiger partial charge on any atom is -0.493 e. The van der Waals surface area contributed by atoms with Crippen molar-refractivity contribution in [1.29, 1.82) is 0 Å². The van der Waals surface area contributed by atoms with Crippen LogP contribution in [0.2, 0.25) is 5.15 Å². The fraction of sp³-hybridized carbons (Fsp3) is 0.375. The minimum absolute atomic E-state index is 0.181. The van der Waals surface area contributed by atoms with Gasteiger partial charge in [0.15, 0.2) is 0 Å². The molecule has 1 atom stereocenters. The number of rotatable bonds is 3. The number of hydrogen-bond donors (Lipinski definition) is 1. The van der Waals surface area contributed by atoms with Crippen LogP contribution in [0.5, 0.6) is 5.75 Å². The van der Waals surface area contributed by atoms with Crippen LogP contribution in [0.25, 0.3) is 0 Å². The van der Waals surface area contributed by atoms with Crippen LogP contribution in [0.4, 0.5) is 5.82 Å². The average molecular weight is 304 g/mol. The van der Waals surface area contributed by atoms with Crippen molar-refractivity contribution in [3.8, 4) is 5.75 Å². The highest BCUT2D eigenvalue weighted by molar-refractivity contribution is 6.29. The first-order chi connectivity index (χ1) is 10.1. The van der Waals surface area contributed by atoms with E-state index in [0.717, 1.165) is 29.4 Å². The van der Waals surface area contributed by atoms with Gasteiger partial charge in [0.2, 0.25) is 0 Å². The summed E-state index contributed by atoms with van der Waals surface area (Å²) < 4.78 is 5.68. The number of nitrogens with one attached hydrogen (secondary N) is 1. The molecule has 1 aromatic carbocycles. The molecule has 0 fully saturated rings. The maximum atomic E-state index is 6.10. The van der Waals surface area contributed by atoms with Gasteiger partial charge >= 0.3 is 0 Å². The van der Waals surface area contributed by atoms with Gasteiger partial charge in [-0.3, -0.25) is 0 Å². The first-order valence-electron chi connectivity index (χ1n) is 7.16. The van der Waals surface area contributed by atoms with Crippen LogP contribution in [0, 0.1) is 0 Å². The lowest BCUT2D eigenvalue weighted by molar-refractivity contribution is 0.274. The number of ether oxygens (including phenoxy) is 1. The summed E-state index contributed by atoms with van der Waals surface area (Å²) in [6, 6.07) is 10.0. The highest BCUT2D eigenvalue weighted by Crippen LogP contribution is 2.34. The maximum Gasteiger partial charge on any atom is 0.135 e. The Kier molecular flexibility index (Phi) is 3.97. The van der Waals surface area contributed by atoms with E-state index in [1.165, 1.54) is 0 Å². The van der Waals surface area contributed by atoms with Crippen LogP contribution in [0.15, 0.2) is 30.3 Å². The van der Waals surface area contributed by atoms with Gasteiger partial charge < -0.3 is 10.1 Å². The molecule has 0 saturated carbocycles. The van der Waals surface area contributed by atoms with Crippen LogP contribution in [-0.4, -0.2) is 16.6 Å². The van der Waals surface area contributed by atoms with Gasteiger partial charge in [0.1, 0.15) is 22.5 Å². The Morgan fingerprint density at radius 3 is 2.90 bits per heavy atom. The summed E-state index contributed by atoms with van der Waals surface area (Å²) in [5.74, 6) is 2.70. The summed E-state index contributed by atoms with van der Waals surface area (Å²) in [4.78, 5) is 8.81. The van der Waals surface area contributed by atoms with Crippen molar-refractivity contribution in [3.63, 3.8) is 0 Å². The third-order valence-electron chi connectivity index (χ3n) is 3.51. The van der Waals surface area contributed by atoms with Gasteiger partial charge in [-0.25, -0.2) is 9.97 Å². The predicted molar refractivity (Wildman–Crippen MR) is 84.0 cm³/mol. The second-order valence-electron chi connectivity index (χ2n) is 5.46. The third-order valence-corrected chi connectivity index (χ3v) is 3.70. The van der Waals surface area contributed by atoms with E-state index in [4.69, 9.17) is 16.3 Å². The molecule has 1 unspecified atom stereocenters. The van der Waals surface area contributed by atoms with Crippen molar-refractivity contribution in [1.82, 2.24) is 9.97 Å². The van der Waals surface area contributed by atoms with Crippen LogP contribution in [0.3, 0.4) is 0 Å². The summed E-state index contributed by atoms with van der Waals surface area (Å²) in [5, 5.41) is 3.93. The van der Waals surface area contributed by atoms with E-state index in [1.807, 2.05) is 18.2 Å². The zero-order valence-corrected chi connectivity index (χ0v) is 12.9. The van der Waals surface area contributed by atoms with Crippen LogP contribution in [-0.2, 0) is 0 Å². The molecular formula is C16H18ClN3O. The minimum atomic E-state index is 0.181. The Morgan fingerprint density at radius 1 is 1.29 bits per heavy atom. The van der Waals surface area contributed by atoms with E-state index in [2.05, 4.69) is 35.2 Å². The molecule has 2 aromatic rings. The van der Waals surface area contributed by atoms with Gasteiger partial charge in [-0.05, 0) is 6.07 Å². The Labute approximate surface area is 129 Å². The molecule has 2 heterocycles. The Bertz CT molecular complexity index is 645. The van der Waals surface area contributed by atoms with E-state index in [9.17, 15) is 0 Å². The molecule has 0 bridgehead atoms. The van der Waals surface area contributed by atoms with E-state index in [-0.39, 0.29) is 12.0 Å². The second-order valence-corrected chi connectivity index (χ2v) is 5.85. The Morgan fingerprint density at radius 2 is 2.10 bits per heavy atom. The molecule has 3 rings (SSSR count). The smallest absolute Gasteiger partial charge is 0.135 e. The van der Waals surface area contributed by atoms with Crippen LogP contribution in [0.1, 0.15) is 43.6 Å². The van der Waals surface area contributed by atoms with Crippen molar-refractivity contribution >= 4 is 17.4 Å². The number of nitrogens with zero attached hydrogens (tertiary/aromatic N) is 2. The predicted octanol–water partition coefficient (Wildman–Crippen LogP) is 4.19. The first kappa shape index (κ1) is 14.1. The average Bonchev–Trinajstić information content (AvgIpc) is 2.47. The number of fused-ring (bicyclic) bond motifs is 1. The van der Waals surface area contributed by atoms with Gasteiger partial charge in [0.05, 0.1) is 12.6 Å². The molecule has 4 nitrogen and oxygen atoms in total. The van der Waals surface area contributed by atoms with Crippen molar-refractivity contribution < 1.29 is 4.74 Å². The Hall–Kier alpha value is -1.81. The lowest BCUT2D eigenvalue weighted by Crippen LogP contribution is -2.21. The maximum absolute atomic E-state index is 6.10. The van der Waals surface area contributed by atoms with Crippen molar-refractivity contribution in [2.75, 3.05) is 11.9 Å². The van der Waals surface area contributed by atoms with Gasteiger partial charge in [-0.1, -0.05) is 43.6 Å². The first-order valence-corrected chi connectivity index (χ1v) is 7.54. The molecule has 110 valence electrons. The normalized spacial score (nSPS) is 17.2. The molecule has 1 N–H and O–H groups in total. The van der Waals surface area contributed by atoms with Crippen LogP contribution >= 0.6 is 11.6 Å². The quantitative estimate of drug-likeness (QED) is 0.864. The standard InChI is InChI=1S/C16H18ClN3O/c1-10(2)16-19-14(17)9-15(20-16)18-12-7-8-21-13-6-4-3-5-11(12)13/h3-6,9-10,12H,7-8H2,1-2H3,(H,18,19,20). The molecule has 0 spiro atoms. The zero-order valence-electron chi connectivity index (χ0n) is 12.1. The number of halogens is 1. The molecular weight excluding hydrogens is 286 g/mol. The molecule has 21 heavy (non-hydrogen) atoms. The van der Waals surface area contributed by atoms with Gasteiger partial charge in [0, 0.05) is 24.0 Å². The molecule has 1 aromatic heterocycles. The summed E-state index contributed by atoms with van der Waals surface area (Å²) in [6.45, 7) is 4.81. The highest BCUT2D eigenvalue weighted by Gasteiger charge is 2.21. The van der Waals surface area contributed by atoms with E-state index >= 15 is 0 Å². The Balaban J connectivity index is 1.88. The summed E-state index contributed by atoms with van der Waals surface area (Å²) in [5.41, 5.74) is 1.16. The lowest BCUT2D eigenvalue weighted by Gasteiger charge is -2.27. The van der Waals surface area contributed by atoms with Crippen molar-refractivity contribution in [3.05, 3.63) is 46.9 Å². The van der Waals surface area contributed by atoms with Gasteiger partial charge in [0.25, 0.3) is 0 Å². The SMILES string of the molecule is CC(C)c1nc(Cl)cc(NC2CCOc3ccccc32)n1. The molecule has 5 heteroatoms.